The monoisotopic (exact) mass is 307 g/mol. The van der Waals surface area contributed by atoms with Crippen LogP contribution >= 0.6 is 11.6 Å². The van der Waals surface area contributed by atoms with E-state index in [1.807, 2.05) is 12.1 Å². The first-order valence-electron chi connectivity index (χ1n) is 7.31. The summed E-state index contributed by atoms with van der Waals surface area (Å²) in [6.07, 6.45) is 2.80. The molecule has 2 fully saturated rings. The smallest absolute Gasteiger partial charge is 0.307 e. The number of fused-ring (bicyclic) bond motifs is 2. The lowest BCUT2D eigenvalue weighted by atomic mass is 9.78. The molecule has 2 bridgehead atoms. The van der Waals surface area contributed by atoms with Crippen LogP contribution in [0.15, 0.2) is 24.3 Å². The molecule has 4 unspecified atom stereocenters. The third kappa shape index (κ3) is 2.77. The molecule has 0 aromatic heterocycles. The number of carbonyl (C=O) groups is 2. The number of hydrogen-bond donors (Lipinski definition) is 2. The van der Waals surface area contributed by atoms with Gasteiger partial charge in [-0.15, -0.1) is 0 Å². The van der Waals surface area contributed by atoms with Gasteiger partial charge >= 0.3 is 5.97 Å². The van der Waals surface area contributed by atoms with Gasteiger partial charge in [0, 0.05) is 11.6 Å². The largest absolute Gasteiger partial charge is 0.481 e. The maximum Gasteiger partial charge on any atom is 0.307 e. The van der Waals surface area contributed by atoms with Gasteiger partial charge in [0.15, 0.2) is 0 Å². The zero-order valence-electron chi connectivity index (χ0n) is 11.6. The molecule has 112 valence electrons. The van der Waals surface area contributed by atoms with Crippen LogP contribution in [0.25, 0.3) is 0 Å². The normalized spacial score (nSPS) is 30.3. The molecule has 2 aliphatic rings. The van der Waals surface area contributed by atoms with Gasteiger partial charge in [0.1, 0.15) is 0 Å². The summed E-state index contributed by atoms with van der Waals surface area (Å²) in [5.74, 6) is -1.44. The summed E-state index contributed by atoms with van der Waals surface area (Å²) >= 11 is 5.91. The van der Waals surface area contributed by atoms with Crippen molar-refractivity contribution in [3.8, 4) is 0 Å². The fourth-order valence-electron chi connectivity index (χ4n) is 3.98. The maximum absolute atomic E-state index is 12.4. The molecule has 0 radical (unpaired) electrons. The number of benzene rings is 1. The van der Waals surface area contributed by atoms with E-state index in [0.717, 1.165) is 24.8 Å². The highest BCUT2D eigenvalue weighted by molar-refractivity contribution is 6.30. The number of carbonyl (C=O) groups excluding carboxylic acids is 1. The Hall–Kier alpha value is -1.55. The summed E-state index contributed by atoms with van der Waals surface area (Å²) in [6, 6.07) is 7.31. The highest BCUT2D eigenvalue weighted by Crippen LogP contribution is 2.52. The van der Waals surface area contributed by atoms with Crippen molar-refractivity contribution >= 4 is 23.5 Å². The van der Waals surface area contributed by atoms with Crippen molar-refractivity contribution in [2.75, 3.05) is 0 Å². The van der Waals surface area contributed by atoms with E-state index in [1.54, 1.807) is 12.1 Å². The molecule has 4 atom stereocenters. The summed E-state index contributed by atoms with van der Waals surface area (Å²) in [6.45, 7) is 0.389. The molecule has 2 aliphatic carbocycles. The van der Waals surface area contributed by atoms with Crippen LogP contribution < -0.4 is 5.32 Å². The van der Waals surface area contributed by atoms with E-state index >= 15 is 0 Å². The van der Waals surface area contributed by atoms with Crippen LogP contribution in [0.4, 0.5) is 0 Å². The molecular weight excluding hydrogens is 290 g/mol. The van der Waals surface area contributed by atoms with Crippen molar-refractivity contribution in [2.45, 2.75) is 25.8 Å². The minimum atomic E-state index is -0.829. The summed E-state index contributed by atoms with van der Waals surface area (Å²) in [5.41, 5.74) is 0.922. The van der Waals surface area contributed by atoms with Crippen LogP contribution in [0.5, 0.6) is 0 Å². The number of amides is 1. The van der Waals surface area contributed by atoms with Gasteiger partial charge in [0.25, 0.3) is 0 Å². The first kappa shape index (κ1) is 14.4. The lowest BCUT2D eigenvalue weighted by Gasteiger charge is -2.27. The number of halogens is 1. The third-order valence-corrected chi connectivity index (χ3v) is 5.10. The van der Waals surface area contributed by atoms with E-state index in [-0.39, 0.29) is 23.7 Å². The van der Waals surface area contributed by atoms with Gasteiger partial charge in [-0.05, 0) is 48.8 Å². The Morgan fingerprint density at radius 2 is 1.95 bits per heavy atom. The van der Waals surface area contributed by atoms with Crippen LogP contribution in [-0.4, -0.2) is 17.0 Å². The Morgan fingerprint density at radius 1 is 1.24 bits per heavy atom. The molecule has 1 amide bonds. The van der Waals surface area contributed by atoms with Gasteiger partial charge < -0.3 is 10.4 Å². The number of hydrogen-bond acceptors (Lipinski definition) is 2. The fraction of sp³-hybridized carbons (Fsp3) is 0.500. The Morgan fingerprint density at radius 3 is 2.62 bits per heavy atom. The summed E-state index contributed by atoms with van der Waals surface area (Å²) in [7, 11) is 0. The topological polar surface area (TPSA) is 66.4 Å². The Balaban J connectivity index is 1.66. The first-order valence-corrected chi connectivity index (χ1v) is 7.69. The number of carboxylic acid groups (broad SMARTS) is 1. The molecule has 21 heavy (non-hydrogen) atoms. The highest BCUT2D eigenvalue weighted by Gasteiger charge is 2.53. The lowest BCUT2D eigenvalue weighted by Crippen LogP contribution is -2.41. The number of aliphatic carboxylic acids is 1. The molecule has 0 aliphatic heterocycles. The van der Waals surface area contributed by atoms with Crippen molar-refractivity contribution in [3.05, 3.63) is 34.9 Å². The molecule has 0 saturated heterocycles. The second-order valence-electron chi connectivity index (χ2n) is 6.07. The highest BCUT2D eigenvalue weighted by atomic mass is 35.5. The van der Waals surface area contributed by atoms with Crippen LogP contribution in [-0.2, 0) is 16.1 Å². The third-order valence-electron chi connectivity index (χ3n) is 4.86. The zero-order chi connectivity index (χ0) is 15.0. The quantitative estimate of drug-likeness (QED) is 0.899. The van der Waals surface area contributed by atoms with E-state index in [1.165, 1.54) is 0 Å². The second kappa shape index (κ2) is 5.68. The average molecular weight is 308 g/mol. The van der Waals surface area contributed by atoms with Crippen LogP contribution in [0.1, 0.15) is 24.8 Å². The Bertz CT molecular complexity index is 574. The Labute approximate surface area is 128 Å². The van der Waals surface area contributed by atoms with Crippen molar-refractivity contribution in [1.29, 1.82) is 0 Å². The number of nitrogens with one attached hydrogen (secondary N) is 1. The predicted molar refractivity (Wildman–Crippen MR) is 78.7 cm³/mol. The van der Waals surface area contributed by atoms with Crippen molar-refractivity contribution in [3.63, 3.8) is 0 Å². The van der Waals surface area contributed by atoms with Crippen molar-refractivity contribution in [1.82, 2.24) is 5.32 Å². The van der Waals surface area contributed by atoms with Gasteiger partial charge in [0.05, 0.1) is 11.8 Å². The predicted octanol–water partition coefficient (Wildman–Crippen LogP) is 2.70. The van der Waals surface area contributed by atoms with E-state index in [9.17, 15) is 14.7 Å². The molecule has 3 rings (SSSR count). The minimum absolute atomic E-state index is 0.130. The minimum Gasteiger partial charge on any atom is -0.481 e. The molecule has 2 saturated carbocycles. The van der Waals surface area contributed by atoms with E-state index < -0.39 is 11.9 Å². The second-order valence-corrected chi connectivity index (χ2v) is 6.51. The molecule has 0 heterocycles. The fourth-order valence-corrected chi connectivity index (χ4v) is 4.19. The maximum atomic E-state index is 12.4. The van der Waals surface area contributed by atoms with Gasteiger partial charge in [-0.2, -0.15) is 0 Å². The van der Waals surface area contributed by atoms with E-state index in [4.69, 9.17) is 11.6 Å². The summed E-state index contributed by atoms with van der Waals surface area (Å²) in [4.78, 5) is 23.8. The molecule has 4 nitrogen and oxygen atoms in total. The van der Waals surface area contributed by atoms with Crippen molar-refractivity contribution in [2.24, 2.45) is 23.7 Å². The summed E-state index contributed by atoms with van der Waals surface area (Å²) in [5, 5.41) is 12.9. The van der Waals surface area contributed by atoms with Gasteiger partial charge in [-0.3, -0.25) is 9.59 Å². The number of rotatable bonds is 4. The molecule has 2 N–H and O–H groups in total. The first-order chi connectivity index (χ1) is 10.1. The lowest BCUT2D eigenvalue weighted by molar-refractivity contribution is -0.149. The average Bonchev–Trinajstić information content (AvgIpc) is 3.05. The zero-order valence-corrected chi connectivity index (χ0v) is 12.3. The van der Waals surface area contributed by atoms with Gasteiger partial charge in [0.2, 0.25) is 5.91 Å². The molecule has 1 aromatic rings. The van der Waals surface area contributed by atoms with E-state index in [0.29, 0.717) is 11.6 Å². The summed E-state index contributed by atoms with van der Waals surface area (Å²) < 4.78 is 0. The SMILES string of the molecule is O=C(O)C1C2CCC(C2)C1C(=O)NCc1cccc(Cl)c1. The number of carboxylic acids is 1. The van der Waals surface area contributed by atoms with Gasteiger partial charge in [-0.1, -0.05) is 23.7 Å². The Kier molecular flexibility index (Phi) is 3.89. The van der Waals surface area contributed by atoms with Crippen LogP contribution in [0.3, 0.4) is 0 Å². The van der Waals surface area contributed by atoms with Crippen LogP contribution in [0, 0.1) is 23.7 Å². The van der Waals surface area contributed by atoms with Gasteiger partial charge in [-0.25, -0.2) is 0 Å². The standard InChI is InChI=1S/C16H18ClNO3/c17-12-3-1-2-9(6-12)8-18-15(19)13-10-4-5-11(7-10)14(13)16(20)21/h1-3,6,10-11,13-14H,4-5,7-8H2,(H,18,19)(H,20,21). The van der Waals surface area contributed by atoms with E-state index in [2.05, 4.69) is 5.32 Å². The van der Waals surface area contributed by atoms with Crippen molar-refractivity contribution < 1.29 is 14.7 Å². The molecular formula is C16H18ClNO3. The molecule has 1 aromatic carbocycles. The molecule has 0 spiro atoms. The molecule has 5 heteroatoms. The van der Waals surface area contributed by atoms with Crippen LogP contribution in [0.2, 0.25) is 5.02 Å².